The van der Waals surface area contributed by atoms with Gasteiger partial charge in [0.15, 0.2) is 10.8 Å². The first-order valence-electron chi connectivity index (χ1n) is 13.1. The topological polar surface area (TPSA) is 168 Å². The number of oxime groups is 1. The molecule has 12 nitrogen and oxygen atoms in total. The smallest absolute Gasteiger partial charge is 0.352 e. The lowest BCUT2D eigenvalue weighted by molar-refractivity contribution is -0.150. The first-order chi connectivity index (χ1) is 19.8. The number of hydrogen-bond acceptors (Lipinski definition) is 10. The van der Waals surface area contributed by atoms with Crippen LogP contribution in [0.2, 0.25) is 0 Å². The van der Waals surface area contributed by atoms with Crippen LogP contribution < -0.4 is 16.0 Å². The van der Waals surface area contributed by atoms with Crippen molar-refractivity contribution in [1.82, 2.24) is 15.2 Å². The molecule has 2 atom stereocenters. The fourth-order valence-electron chi connectivity index (χ4n) is 5.21. The van der Waals surface area contributed by atoms with Crippen molar-refractivity contribution in [3.8, 4) is 0 Å². The molecule has 41 heavy (non-hydrogen) atoms. The molecule has 1 aromatic heterocycles. The lowest BCUT2D eigenvalue weighted by Gasteiger charge is -2.49. The molecule has 0 spiro atoms. The maximum absolute atomic E-state index is 13.3. The monoisotopic (exact) mass is 594 g/mol. The number of amides is 3. The van der Waals surface area contributed by atoms with Crippen molar-refractivity contribution in [2.45, 2.75) is 43.2 Å². The number of nitrogens with one attached hydrogen (secondary N) is 1. The van der Waals surface area contributed by atoms with Crippen LogP contribution in [0.5, 0.6) is 0 Å². The highest BCUT2D eigenvalue weighted by molar-refractivity contribution is 8.00. The minimum absolute atomic E-state index is 0.0946. The summed E-state index contributed by atoms with van der Waals surface area (Å²) in [5.74, 6) is -2.48. The van der Waals surface area contributed by atoms with E-state index < -0.39 is 29.2 Å². The Kier molecular flexibility index (Phi) is 7.26. The molecule has 4 aliphatic rings. The zero-order chi connectivity index (χ0) is 28.7. The van der Waals surface area contributed by atoms with Gasteiger partial charge in [-0.3, -0.25) is 19.3 Å². The molecule has 0 radical (unpaired) electrons. The SMILES string of the molecule is Nc1nc(C(=NOC2CCCC2)C(=O)N[C@@H]2C(=O)N3C(C(=O)O)=C(C=C4CN(c5ccccc5)C4=O)CS[C@H]23)cs1. The summed E-state index contributed by atoms with van der Waals surface area (Å²) in [5, 5.41) is 18.0. The van der Waals surface area contributed by atoms with Gasteiger partial charge in [-0.2, -0.15) is 0 Å². The number of benzene rings is 1. The number of aliphatic carboxylic acids is 1. The van der Waals surface area contributed by atoms with Gasteiger partial charge in [-0.15, -0.1) is 23.1 Å². The van der Waals surface area contributed by atoms with Gasteiger partial charge in [-0.05, 0) is 49.5 Å². The third-order valence-corrected chi connectivity index (χ3v) is 9.30. The Hall–Kier alpha value is -4.17. The average molecular weight is 595 g/mol. The molecule has 1 saturated carbocycles. The Morgan fingerprint density at radius 3 is 2.61 bits per heavy atom. The highest BCUT2D eigenvalue weighted by Gasteiger charge is 2.54. The van der Waals surface area contributed by atoms with Gasteiger partial charge in [0.2, 0.25) is 0 Å². The second-order valence-electron chi connectivity index (χ2n) is 9.96. The van der Waals surface area contributed by atoms with Crippen LogP contribution in [0.25, 0.3) is 0 Å². The number of β-lactam (4-membered cyclic amide) rings is 2. The predicted octanol–water partition coefficient (Wildman–Crippen LogP) is 2.10. The number of fused-ring (bicyclic) bond motifs is 1. The number of thiazole rings is 1. The van der Waals surface area contributed by atoms with Crippen LogP contribution in [-0.4, -0.2) is 74.2 Å². The predicted molar refractivity (Wildman–Crippen MR) is 153 cm³/mol. The number of carboxylic acids is 1. The second kappa shape index (κ2) is 11.0. The quantitative estimate of drug-likeness (QED) is 0.179. The highest BCUT2D eigenvalue weighted by atomic mass is 32.2. The lowest BCUT2D eigenvalue weighted by Crippen LogP contribution is -2.71. The molecule has 212 valence electrons. The van der Waals surface area contributed by atoms with E-state index in [2.05, 4.69) is 15.5 Å². The number of anilines is 2. The fourth-order valence-corrected chi connectivity index (χ4v) is 7.07. The largest absolute Gasteiger partial charge is 0.477 e. The summed E-state index contributed by atoms with van der Waals surface area (Å²) in [6.45, 7) is 0.339. The van der Waals surface area contributed by atoms with Crippen LogP contribution in [-0.2, 0) is 24.0 Å². The van der Waals surface area contributed by atoms with E-state index >= 15 is 0 Å². The van der Waals surface area contributed by atoms with Gasteiger partial charge >= 0.3 is 5.97 Å². The van der Waals surface area contributed by atoms with Crippen molar-refractivity contribution in [3.63, 3.8) is 0 Å². The van der Waals surface area contributed by atoms with Gasteiger partial charge < -0.3 is 25.9 Å². The van der Waals surface area contributed by atoms with E-state index in [9.17, 15) is 24.3 Å². The van der Waals surface area contributed by atoms with Crippen molar-refractivity contribution in [2.24, 2.45) is 5.16 Å². The number of carbonyl (C=O) groups is 4. The van der Waals surface area contributed by atoms with Gasteiger partial charge in [0.05, 0.1) is 6.54 Å². The van der Waals surface area contributed by atoms with Crippen LogP contribution in [0.1, 0.15) is 31.4 Å². The summed E-state index contributed by atoms with van der Waals surface area (Å²) < 4.78 is 0. The number of para-hydroxylation sites is 1. The van der Waals surface area contributed by atoms with E-state index in [0.29, 0.717) is 17.7 Å². The van der Waals surface area contributed by atoms with E-state index in [0.717, 1.165) is 42.7 Å². The molecule has 0 unspecified atom stereocenters. The Morgan fingerprint density at radius 1 is 1.20 bits per heavy atom. The number of hydrogen-bond donors (Lipinski definition) is 3. The molecule has 3 fully saturated rings. The number of nitrogens with two attached hydrogens (primary N) is 1. The Labute approximate surface area is 242 Å². The molecule has 4 N–H and O–H groups in total. The molecule has 3 amide bonds. The number of carbonyl (C=O) groups excluding carboxylic acids is 3. The molecule has 4 heterocycles. The molecule has 6 rings (SSSR count). The van der Waals surface area contributed by atoms with Crippen LogP contribution in [0.4, 0.5) is 10.8 Å². The van der Waals surface area contributed by atoms with E-state index in [1.807, 2.05) is 30.3 Å². The van der Waals surface area contributed by atoms with Gasteiger partial charge in [-0.25, -0.2) is 9.78 Å². The minimum atomic E-state index is -1.28. The van der Waals surface area contributed by atoms with E-state index in [4.69, 9.17) is 10.6 Å². The standard InChI is InChI=1S/C27H26N6O6S2/c28-27-29-18(13-41-27)19(31-39-17-8-4-5-9-17)22(34)30-20-24(36)33-21(26(37)38)15(12-40-25(20)33)10-14-11-32(23(14)35)16-6-2-1-3-7-16/h1-3,6-7,10,13,17,20,25H,4-5,8-9,11-12H2,(H2,28,29)(H,30,34)(H,37,38)/t20-,25-/m1/s1. The molecule has 1 aliphatic carbocycles. The molecule has 2 aromatic rings. The van der Waals surface area contributed by atoms with Crippen molar-refractivity contribution >= 4 is 63.3 Å². The second-order valence-corrected chi connectivity index (χ2v) is 12.0. The average Bonchev–Trinajstić information content (AvgIpc) is 3.65. The first-order valence-corrected chi connectivity index (χ1v) is 15.0. The van der Waals surface area contributed by atoms with Gasteiger partial charge in [0, 0.05) is 22.4 Å². The number of thioether (sulfide) groups is 1. The van der Waals surface area contributed by atoms with Crippen LogP contribution in [0, 0.1) is 0 Å². The lowest BCUT2D eigenvalue weighted by atomic mass is 9.98. The summed E-state index contributed by atoms with van der Waals surface area (Å²) in [6.07, 6.45) is 5.19. The normalized spacial score (nSPS) is 23.8. The maximum Gasteiger partial charge on any atom is 0.352 e. The zero-order valence-corrected chi connectivity index (χ0v) is 23.3. The zero-order valence-electron chi connectivity index (χ0n) is 21.7. The minimum Gasteiger partial charge on any atom is -0.477 e. The highest BCUT2D eigenvalue weighted by Crippen LogP contribution is 2.41. The number of aromatic nitrogens is 1. The summed E-state index contributed by atoms with van der Waals surface area (Å²) >= 11 is 2.46. The number of allylic oxidation sites excluding steroid dienone is 1. The first kappa shape index (κ1) is 27.0. The van der Waals surface area contributed by atoms with Gasteiger partial charge in [-0.1, -0.05) is 23.4 Å². The number of carboxylic acid groups (broad SMARTS) is 1. The van der Waals surface area contributed by atoms with Crippen molar-refractivity contribution in [2.75, 3.05) is 22.9 Å². The van der Waals surface area contributed by atoms with Crippen molar-refractivity contribution in [3.05, 3.63) is 64.3 Å². The van der Waals surface area contributed by atoms with E-state index in [1.54, 1.807) is 16.4 Å². The molecule has 1 aromatic carbocycles. The molecule has 14 heteroatoms. The van der Waals surface area contributed by atoms with Crippen molar-refractivity contribution < 1.29 is 29.1 Å². The fraction of sp³-hybridized carbons (Fsp3) is 0.333. The molecule has 0 bridgehead atoms. The summed E-state index contributed by atoms with van der Waals surface area (Å²) in [6, 6.07) is 8.21. The number of nitrogens with zero attached hydrogens (tertiary/aromatic N) is 4. The molecule has 3 aliphatic heterocycles. The third-order valence-electron chi connectivity index (χ3n) is 7.33. The molecule has 2 saturated heterocycles. The maximum atomic E-state index is 13.3. The van der Waals surface area contributed by atoms with Crippen LogP contribution in [0.15, 0.2) is 63.8 Å². The summed E-state index contributed by atoms with van der Waals surface area (Å²) in [4.78, 5) is 64.0. The van der Waals surface area contributed by atoms with Crippen LogP contribution >= 0.6 is 23.1 Å². The molecular formula is C27H26N6O6S2. The van der Waals surface area contributed by atoms with E-state index in [-0.39, 0.29) is 40.0 Å². The number of rotatable bonds is 8. The van der Waals surface area contributed by atoms with Gasteiger partial charge in [0.1, 0.15) is 28.9 Å². The Morgan fingerprint density at radius 2 is 1.95 bits per heavy atom. The third kappa shape index (κ3) is 5.08. The van der Waals surface area contributed by atoms with Crippen LogP contribution in [0.3, 0.4) is 0 Å². The van der Waals surface area contributed by atoms with Crippen molar-refractivity contribution in [1.29, 1.82) is 0 Å². The Balaban J connectivity index is 1.18. The summed E-state index contributed by atoms with van der Waals surface area (Å²) in [5.41, 5.74) is 7.31. The summed E-state index contributed by atoms with van der Waals surface area (Å²) in [7, 11) is 0. The molecular weight excluding hydrogens is 568 g/mol. The van der Waals surface area contributed by atoms with Gasteiger partial charge in [0.25, 0.3) is 17.7 Å². The Bertz CT molecular complexity index is 1510. The van der Waals surface area contributed by atoms with E-state index in [1.165, 1.54) is 16.7 Å². The number of nitrogen functional groups attached to an aromatic ring is 1.